The molecule has 0 fully saturated rings. The Morgan fingerprint density at radius 3 is 2.57 bits per heavy atom. The molecular weight excluding hydrogens is 286 g/mol. The molecule has 3 nitrogen and oxygen atoms in total. The van der Waals surface area contributed by atoms with Crippen molar-refractivity contribution < 1.29 is 17.6 Å². The SMILES string of the molecule is Nc1ncc(F)cc1-c1cc(C(F)(F)F)cc2c1C=NC2. The average molecular weight is 295 g/mol. The van der Waals surface area contributed by atoms with Crippen molar-refractivity contribution in [3.05, 3.63) is 46.9 Å². The maximum Gasteiger partial charge on any atom is 0.416 e. The molecule has 0 amide bonds. The normalized spacial score (nSPS) is 13.5. The van der Waals surface area contributed by atoms with Crippen LogP contribution in [0.3, 0.4) is 0 Å². The fourth-order valence-corrected chi connectivity index (χ4v) is 2.28. The van der Waals surface area contributed by atoms with E-state index in [1.165, 1.54) is 6.21 Å². The summed E-state index contributed by atoms with van der Waals surface area (Å²) in [7, 11) is 0. The van der Waals surface area contributed by atoms with E-state index in [2.05, 4.69) is 9.98 Å². The quantitative estimate of drug-likeness (QED) is 0.820. The Morgan fingerprint density at radius 1 is 1.10 bits per heavy atom. The minimum Gasteiger partial charge on any atom is -0.383 e. The third-order valence-electron chi connectivity index (χ3n) is 3.25. The first kappa shape index (κ1) is 13.5. The summed E-state index contributed by atoms with van der Waals surface area (Å²) in [6.45, 7) is 0.162. The topological polar surface area (TPSA) is 51.3 Å². The van der Waals surface area contributed by atoms with E-state index in [0.717, 1.165) is 24.4 Å². The van der Waals surface area contributed by atoms with Crippen LogP contribution in [0.15, 0.2) is 29.4 Å². The van der Waals surface area contributed by atoms with Crippen LogP contribution < -0.4 is 5.73 Å². The number of pyridine rings is 1. The molecule has 0 saturated heterocycles. The fourth-order valence-electron chi connectivity index (χ4n) is 2.28. The molecule has 0 saturated carbocycles. The van der Waals surface area contributed by atoms with Crippen molar-refractivity contribution in [3.8, 4) is 11.1 Å². The van der Waals surface area contributed by atoms with Crippen molar-refractivity contribution in [2.24, 2.45) is 4.99 Å². The van der Waals surface area contributed by atoms with Crippen LogP contribution >= 0.6 is 0 Å². The maximum atomic E-state index is 13.3. The predicted molar refractivity (Wildman–Crippen MR) is 70.3 cm³/mol. The molecule has 1 aromatic carbocycles. The third kappa shape index (κ3) is 2.35. The van der Waals surface area contributed by atoms with E-state index in [4.69, 9.17) is 5.73 Å². The summed E-state index contributed by atoms with van der Waals surface area (Å²) >= 11 is 0. The number of aliphatic imine (C=N–C) groups is 1. The zero-order valence-electron chi connectivity index (χ0n) is 10.6. The highest BCUT2D eigenvalue weighted by Gasteiger charge is 2.33. The van der Waals surface area contributed by atoms with Crippen LogP contribution in [0, 0.1) is 5.82 Å². The molecule has 3 rings (SSSR count). The van der Waals surface area contributed by atoms with Gasteiger partial charge in [0.2, 0.25) is 0 Å². The second-order valence-electron chi connectivity index (χ2n) is 4.65. The van der Waals surface area contributed by atoms with Gasteiger partial charge in [0.15, 0.2) is 0 Å². The molecule has 108 valence electrons. The zero-order valence-corrected chi connectivity index (χ0v) is 10.6. The summed E-state index contributed by atoms with van der Waals surface area (Å²) in [5.41, 5.74) is 6.12. The second-order valence-corrected chi connectivity index (χ2v) is 4.65. The van der Waals surface area contributed by atoms with Crippen LogP contribution in [0.4, 0.5) is 23.4 Å². The van der Waals surface area contributed by atoms with Gasteiger partial charge in [-0.25, -0.2) is 9.37 Å². The number of nitrogens with zero attached hydrogens (tertiary/aromatic N) is 2. The Balaban J connectivity index is 2.29. The van der Waals surface area contributed by atoms with Crippen LogP contribution in [0.2, 0.25) is 0 Å². The highest BCUT2D eigenvalue weighted by Crippen LogP contribution is 2.38. The van der Waals surface area contributed by atoms with Gasteiger partial charge in [0, 0.05) is 17.3 Å². The minimum absolute atomic E-state index is 0.0294. The Labute approximate surface area is 117 Å². The summed E-state index contributed by atoms with van der Waals surface area (Å²) in [5.74, 6) is -0.696. The van der Waals surface area contributed by atoms with E-state index >= 15 is 0 Å². The number of nitrogens with two attached hydrogens (primary N) is 1. The van der Waals surface area contributed by atoms with Crippen molar-refractivity contribution in [1.29, 1.82) is 0 Å². The molecule has 0 atom stereocenters. The molecule has 2 N–H and O–H groups in total. The molecule has 1 aromatic heterocycles. The molecular formula is C14H9F4N3. The van der Waals surface area contributed by atoms with Crippen molar-refractivity contribution in [2.45, 2.75) is 12.7 Å². The van der Waals surface area contributed by atoms with Crippen molar-refractivity contribution in [2.75, 3.05) is 5.73 Å². The standard InChI is InChI=1S/C14H9F4N3/c15-9-3-11(13(19)21-5-9)10-2-8(14(16,17)18)1-7-4-20-6-12(7)10/h1-3,5-6H,4H2,(H2,19,21). The lowest BCUT2D eigenvalue weighted by atomic mass is 9.94. The molecule has 2 aromatic rings. The number of benzene rings is 1. The predicted octanol–water partition coefficient (Wildman–Crippen LogP) is 3.42. The van der Waals surface area contributed by atoms with Crippen LogP contribution in [-0.4, -0.2) is 11.2 Å². The van der Waals surface area contributed by atoms with E-state index in [1.807, 2.05) is 0 Å². The van der Waals surface area contributed by atoms with Gasteiger partial charge in [-0.2, -0.15) is 13.2 Å². The fraction of sp³-hybridized carbons (Fsp3) is 0.143. The van der Waals surface area contributed by atoms with Gasteiger partial charge in [0.1, 0.15) is 11.6 Å². The lowest BCUT2D eigenvalue weighted by Gasteiger charge is -2.14. The van der Waals surface area contributed by atoms with Gasteiger partial charge < -0.3 is 5.73 Å². The van der Waals surface area contributed by atoms with E-state index < -0.39 is 17.6 Å². The van der Waals surface area contributed by atoms with Crippen molar-refractivity contribution in [1.82, 2.24) is 4.98 Å². The molecule has 0 spiro atoms. The van der Waals surface area contributed by atoms with Crippen LogP contribution in [0.1, 0.15) is 16.7 Å². The number of anilines is 1. The van der Waals surface area contributed by atoms with E-state index in [1.54, 1.807) is 0 Å². The Bertz CT molecular complexity index is 751. The van der Waals surface area contributed by atoms with Crippen LogP contribution in [0.5, 0.6) is 0 Å². The molecule has 21 heavy (non-hydrogen) atoms. The number of halogens is 4. The van der Waals surface area contributed by atoms with Gasteiger partial charge in [-0.05, 0) is 29.3 Å². The number of rotatable bonds is 1. The van der Waals surface area contributed by atoms with Crippen LogP contribution in [-0.2, 0) is 12.7 Å². The largest absolute Gasteiger partial charge is 0.416 e. The van der Waals surface area contributed by atoms with E-state index in [-0.39, 0.29) is 23.5 Å². The number of alkyl halides is 3. The smallest absolute Gasteiger partial charge is 0.383 e. The van der Waals surface area contributed by atoms with Gasteiger partial charge >= 0.3 is 6.18 Å². The Morgan fingerprint density at radius 2 is 1.86 bits per heavy atom. The summed E-state index contributed by atoms with van der Waals surface area (Å²) < 4.78 is 52.3. The third-order valence-corrected chi connectivity index (χ3v) is 3.25. The van der Waals surface area contributed by atoms with Crippen molar-refractivity contribution >= 4 is 12.0 Å². The summed E-state index contributed by atoms with van der Waals surface area (Å²) in [5, 5.41) is 0. The summed E-state index contributed by atoms with van der Waals surface area (Å²) in [6, 6.07) is 3.07. The lowest BCUT2D eigenvalue weighted by molar-refractivity contribution is -0.137. The van der Waals surface area contributed by atoms with Gasteiger partial charge in [-0.1, -0.05) is 0 Å². The van der Waals surface area contributed by atoms with Gasteiger partial charge in [-0.3, -0.25) is 4.99 Å². The van der Waals surface area contributed by atoms with Crippen LogP contribution in [0.25, 0.3) is 11.1 Å². The highest BCUT2D eigenvalue weighted by atomic mass is 19.4. The molecule has 0 radical (unpaired) electrons. The molecule has 1 aliphatic rings. The molecule has 2 heterocycles. The van der Waals surface area contributed by atoms with Gasteiger partial charge in [-0.15, -0.1) is 0 Å². The van der Waals surface area contributed by atoms with E-state index in [0.29, 0.717) is 11.1 Å². The van der Waals surface area contributed by atoms with E-state index in [9.17, 15) is 17.6 Å². The average Bonchev–Trinajstić information content (AvgIpc) is 2.87. The Kier molecular flexibility index (Phi) is 2.93. The highest BCUT2D eigenvalue weighted by molar-refractivity contribution is 5.96. The first-order valence-corrected chi connectivity index (χ1v) is 6.01. The molecule has 0 aliphatic carbocycles. The number of fused-ring (bicyclic) bond motifs is 1. The molecule has 0 bridgehead atoms. The maximum absolute atomic E-state index is 13.3. The van der Waals surface area contributed by atoms with Crippen molar-refractivity contribution in [3.63, 3.8) is 0 Å². The second kappa shape index (κ2) is 4.54. The first-order valence-electron chi connectivity index (χ1n) is 6.01. The number of hydrogen-bond acceptors (Lipinski definition) is 3. The molecule has 1 aliphatic heterocycles. The van der Waals surface area contributed by atoms with Gasteiger partial charge in [0.05, 0.1) is 18.3 Å². The number of hydrogen-bond donors (Lipinski definition) is 1. The minimum atomic E-state index is -4.50. The zero-order chi connectivity index (χ0) is 15.2. The number of nitrogen functional groups attached to an aromatic ring is 1. The Hall–Kier alpha value is -2.44. The van der Waals surface area contributed by atoms with Gasteiger partial charge in [0.25, 0.3) is 0 Å². The number of aromatic nitrogens is 1. The molecule has 0 unspecified atom stereocenters. The summed E-state index contributed by atoms with van der Waals surface area (Å²) in [4.78, 5) is 7.61. The first-order chi connectivity index (χ1) is 9.86. The monoisotopic (exact) mass is 295 g/mol. The lowest BCUT2D eigenvalue weighted by Crippen LogP contribution is -2.08. The summed E-state index contributed by atoms with van der Waals surface area (Å²) in [6.07, 6.45) is -2.11. The molecule has 7 heteroatoms.